The number of carbonyl (C=O) groups excluding carboxylic acids is 1. The zero-order chi connectivity index (χ0) is 19.4. The van der Waals surface area contributed by atoms with E-state index in [9.17, 15) is 4.79 Å². The van der Waals surface area contributed by atoms with Crippen molar-refractivity contribution in [1.82, 2.24) is 5.32 Å². The lowest BCUT2D eigenvalue weighted by molar-refractivity contribution is -0.124. The molecule has 1 atom stereocenters. The molecule has 0 spiro atoms. The van der Waals surface area contributed by atoms with E-state index in [1.807, 2.05) is 44.2 Å². The molecule has 144 valence electrons. The summed E-state index contributed by atoms with van der Waals surface area (Å²) in [7, 11) is 0. The molecule has 27 heavy (non-hydrogen) atoms. The van der Waals surface area contributed by atoms with Crippen molar-refractivity contribution in [2.24, 2.45) is 5.92 Å². The van der Waals surface area contributed by atoms with Gasteiger partial charge in [-0.3, -0.25) is 4.79 Å². The second-order valence-electron chi connectivity index (χ2n) is 7.30. The maximum atomic E-state index is 12.5. The van der Waals surface area contributed by atoms with Crippen molar-refractivity contribution in [3.05, 3.63) is 53.1 Å². The van der Waals surface area contributed by atoms with Crippen molar-refractivity contribution >= 4 is 5.91 Å². The first kappa shape index (κ1) is 19.1. The van der Waals surface area contributed by atoms with Gasteiger partial charge in [-0.1, -0.05) is 26.0 Å². The van der Waals surface area contributed by atoms with Crippen LogP contribution in [0.15, 0.2) is 36.4 Å². The van der Waals surface area contributed by atoms with Crippen LogP contribution in [0.25, 0.3) is 0 Å². The Hall–Kier alpha value is -2.69. The van der Waals surface area contributed by atoms with E-state index in [2.05, 4.69) is 25.2 Å². The zero-order valence-corrected chi connectivity index (χ0v) is 16.4. The average Bonchev–Trinajstić information content (AvgIpc) is 2.63. The fourth-order valence-corrected chi connectivity index (χ4v) is 3.27. The Kier molecular flexibility index (Phi) is 5.89. The van der Waals surface area contributed by atoms with Gasteiger partial charge in [0.05, 0.1) is 6.04 Å². The summed E-state index contributed by atoms with van der Waals surface area (Å²) in [5, 5.41) is 3.08. The van der Waals surface area contributed by atoms with Gasteiger partial charge in [-0.25, -0.2) is 0 Å². The number of amides is 1. The minimum atomic E-state index is -0.150. The molecule has 1 aliphatic heterocycles. The molecular formula is C22H27NO4. The van der Waals surface area contributed by atoms with Gasteiger partial charge in [-0.05, 0) is 60.7 Å². The fraction of sp³-hybridized carbons (Fsp3) is 0.409. The third kappa shape index (κ3) is 4.94. The molecule has 0 unspecified atom stereocenters. The largest absolute Gasteiger partial charge is 0.486 e. The topological polar surface area (TPSA) is 56.8 Å². The molecule has 0 saturated carbocycles. The second-order valence-corrected chi connectivity index (χ2v) is 7.30. The van der Waals surface area contributed by atoms with Crippen LogP contribution in [-0.4, -0.2) is 25.7 Å². The maximum absolute atomic E-state index is 12.5. The predicted molar refractivity (Wildman–Crippen MR) is 105 cm³/mol. The summed E-state index contributed by atoms with van der Waals surface area (Å²) in [5.74, 6) is 2.26. The molecule has 2 aromatic carbocycles. The molecule has 0 aromatic heterocycles. The van der Waals surface area contributed by atoms with Gasteiger partial charge in [0.15, 0.2) is 18.1 Å². The molecule has 0 bridgehead atoms. The first-order valence-electron chi connectivity index (χ1n) is 9.32. The summed E-state index contributed by atoms with van der Waals surface area (Å²) in [6.45, 7) is 9.26. The van der Waals surface area contributed by atoms with Crippen molar-refractivity contribution in [2.75, 3.05) is 19.8 Å². The lowest BCUT2D eigenvalue weighted by Gasteiger charge is -2.25. The minimum absolute atomic E-state index is 0.0172. The van der Waals surface area contributed by atoms with E-state index in [-0.39, 0.29) is 24.5 Å². The van der Waals surface area contributed by atoms with E-state index in [0.29, 0.717) is 19.0 Å². The van der Waals surface area contributed by atoms with E-state index in [1.54, 1.807) is 0 Å². The van der Waals surface area contributed by atoms with Crippen LogP contribution >= 0.6 is 0 Å². The Labute approximate surface area is 160 Å². The van der Waals surface area contributed by atoms with E-state index >= 15 is 0 Å². The van der Waals surface area contributed by atoms with E-state index in [0.717, 1.165) is 28.2 Å². The molecule has 5 heteroatoms. The lowest BCUT2D eigenvalue weighted by atomic mass is 9.95. The standard InChI is InChI=1S/C22H27NO4/c1-14(2)22(17-5-6-19-20(12-17)26-8-7-25-19)23-21(24)13-27-18-10-15(3)9-16(4)11-18/h5-6,9-12,14,22H,7-8,13H2,1-4H3,(H,23,24)/t22-/m1/s1. The van der Waals surface area contributed by atoms with Gasteiger partial charge < -0.3 is 19.5 Å². The molecule has 3 rings (SSSR count). The molecule has 0 saturated heterocycles. The summed E-state index contributed by atoms with van der Waals surface area (Å²) in [6.07, 6.45) is 0. The molecular weight excluding hydrogens is 342 g/mol. The number of fused-ring (bicyclic) bond motifs is 1. The molecule has 1 N–H and O–H groups in total. The zero-order valence-electron chi connectivity index (χ0n) is 16.4. The van der Waals surface area contributed by atoms with Crippen LogP contribution in [0.5, 0.6) is 17.2 Å². The number of ether oxygens (including phenoxy) is 3. The Morgan fingerprint density at radius 2 is 1.70 bits per heavy atom. The molecule has 1 aliphatic rings. The lowest BCUT2D eigenvalue weighted by Crippen LogP contribution is -2.35. The van der Waals surface area contributed by atoms with Gasteiger partial charge >= 0.3 is 0 Å². The SMILES string of the molecule is Cc1cc(C)cc(OCC(=O)N[C@@H](c2ccc3c(c2)OCCO3)C(C)C)c1. The third-order valence-electron chi connectivity index (χ3n) is 4.47. The Balaban J connectivity index is 1.66. The highest BCUT2D eigenvalue weighted by molar-refractivity contribution is 5.78. The van der Waals surface area contributed by atoms with Crippen LogP contribution in [0.3, 0.4) is 0 Å². The van der Waals surface area contributed by atoms with Crippen LogP contribution in [0.2, 0.25) is 0 Å². The van der Waals surface area contributed by atoms with Gasteiger partial charge in [-0.15, -0.1) is 0 Å². The molecule has 0 fully saturated rings. The van der Waals surface area contributed by atoms with Crippen LogP contribution in [-0.2, 0) is 4.79 Å². The normalized spacial score (nSPS) is 14.0. The summed E-state index contributed by atoms with van der Waals surface area (Å²) in [4.78, 5) is 12.5. The monoisotopic (exact) mass is 369 g/mol. The van der Waals surface area contributed by atoms with Crippen molar-refractivity contribution in [2.45, 2.75) is 33.7 Å². The van der Waals surface area contributed by atoms with Gasteiger partial charge in [-0.2, -0.15) is 0 Å². The van der Waals surface area contributed by atoms with Gasteiger partial charge in [0, 0.05) is 0 Å². The Bertz CT molecular complexity index is 796. The van der Waals surface area contributed by atoms with Gasteiger partial charge in [0.1, 0.15) is 19.0 Å². The van der Waals surface area contributed by atoms with E-state index < -0.39 is 0 Å². The predicted octanol–water partition coefficient (Wildman–Crippen LogP) is 3.97. The maximum Gasteiger partial charge on any atom is 0.258 e. The van der Waals surface area contributed by atoms with Crippen LogP contribution < -0.4 is 19.5 Å². The van der Waals surface area contributed by atoms with Crippen molar-refractivity contribution in [1.29, 1.82) is 0 Å². The number of benzene rings is 2. The average molecular weight is 369 g/mol. The number of hydrogen-bond acceptors (Lipinski definition) is 4. The second kappa shape index (κ2) is 8.33. The van der Waals surface area contributed by atoms with Crippen LogP contribution in [0.4, 0.5) is 0 Å². The fourth-order valence-electron chi connectivity index (χ4n) is 3.27. The third-order valence-corrected chi connectivity index (χ3v) is 4.47. The number of carbonyl (C=O) groups is 1. The van der Waals surface area contributed by atoms with Crippen molar-refractivity contribution < 1.29 is 19.0 Å². The molecule has 1 heterocycles. The van der Waals surface area contributed by atoms with Crippen molar-refractivity contribution in [3.8, 4) is 17.2 Å². The number of nitrogens with one attached hydrogen (secondary N) is 1. The summed E-state index contributed by atoms with van der Waals surface area (Å²) >= 11 is 0. The molecule has 5 nitrogen and oxygen atoms in total. The Morgan fingerprint density at radius 1 is 1.04 bits per heavy atom. The quantitative estimate of drug-likeness (QED) is 0.837. The number of aryl methyl sites for hydroxylation is 2. The highest BCUT2D eigenvalue weighted by Crippen LogP contribution is 2.34. The summed E-state index contributed by atoms with van der Waals surface area (Å²) in [5.41, 5.74) is 3.22. The minimum Gasteiger partial charge on any atom is -0.486 e. The smallest absolute Gasteiger partial charge is 0.258 e. The molecule has 2 aromatic rings. The van der Waals surface area contributed by atoms with Gasteiger partial charge in [0.2, 0.25) is 0 Å². The van der Waals surface area contributed by atoms with E-state index in [1.165, 1.54) is 0 Å². The van der Waals surface area contributed by atoms with Crippen LogP contribution in [0.1, 0.15) is 36.6 Å². The number of rotatable bonds is 6. The molecule has 0 radical (unpaired) electrons. The highest BCUT2D eigenvalue weighted by Gasteiger charge is 2.21. The summed E-state index contributed by atoms with van der Waals surface area (Å²) < 4.78 is 16.9. The Morgan fingerprint density at radius 3 is 2.37 bits per heavy atom. The molecule has 1 amide bonds. The first-order chi connectivity index (χ1) is 12.9. The van der Waals surface area contributed by atoms with E-state index in [4.69, 9.17) is 14.2 Å². The summed E-state index contributed by atoms with van der Waals surface area (Å²) in [6, 6.07) is 11.6. The van der Waals surface area contributed by atoms with Crippen LogP contribution in [0, 0.1) is 19.8 Å². The van der Waals surface area contributed by atoms with Gasteiger partial charge in [0.25, 0.3) is 5.91 Å². The highest BCUT2D eigenvalue weighted by atomic mass is 16.6. The first-order valence-corrected chi connectivity index (χ1v) is 9.32. The molecule has 0 aliphatic carbocycles. The number of hydrogen-bond donors (Lipinski definition) is 1. The van der Waals surface area contributed by atoms with Crippen molar-refractivity contribution in [3.63, 3.8) is 0 Å².